The van der Waals surface area contributed by atoms with Crippen LogP contribution in [0.25, 0.3) is 5.69 Å². The molecule has 0 bridgehead atoms. The van der Waals surface area contributed by atoms with Gasteiger partial charge in [0.25, 0.3) is 0 Å². The molecule has 0 aliphatic heterocycles. The van der Waals surface area contributed by atoms with E-state index in [-0.39, 0.29) is 11.7 Å². The third kappa shape index (κ3) is 3.89. The summed E-state index contributed by atoms with van der Waals surface area (Å²) < 4.78 is 14.5. The van der Waals surface area contributed by atoms with Gasteiger partial charge in [-0.25, -0.2) is 9.07 Å². The van der Waals surface area contributed by atoms with E-state index in [0.717, 1.165) is 11.4 Å². The molecule has 2 rings (SSSR count). The Balaban J connectivity index is 1.89. The van der Waals surface area contributed by atoms with Crippen LogP contribution < -0.4 is 10.6 Å². The normalized spacial score (nSPS) is 10.5. The second-order valence-corrected chi connectivity index (χ2v) is 4.36. The summed E-state index contributed by atoms with van der Waals surface area (Å²) in [6, 6.07) is 8.01. The maximum absolute atomic E-state index is 12.8. The van der Waals surface area contributed by atoms with Crippen molar-refractivity contribution in [3.8, 4) is 5.69 Å². The van der Waals surface area contributed by atoms with Gasteiger partial charge in [0.1, 0.15) is 5.82 Å². The Labute approximate surface area is 116 Å². The summed E-state index contributed by atoms with van der Waals surface area (Å²) in [6.07, 6.45) is 2.47. The fourth-order valence-electron chi connectivity index (χ4n) is 1.79. The number of likely N-dealkylation sites (N-methyl/N-ethyl adjacent to an activating group) is 1. The van der Waals surface area contributed by atoms with Crippen LogP contribution in [0.1, 0.15) is 5.69 Å². The number of hydrogen-bond donors (Lipinski definition) is 2. The standard InChI is InChI=1S/C14H17FN4O/c1-16-10-14(20)17-8-6-12-7-9-19(18-12)13-4-2-11(15)3-5-13/h2-5,7,9,16H,6,8,10H2,1H3,(H,17,20). The molecule has 6 heteroatoms. The van der Waals surface area contributed by atoms with E-state index < -0.39 is 0 Å². The molecule has 0 atom stereocenters. The number of hydrogen-bond acceptors (Lipinski definition) is 3. The zero-order valence-corrected chi connectivity index (χ0v) is 11.3. The van der Waals surface area contributed by atoms with Crippen LogP contribution in [-0.2, 0) is 11.2 Å². The average molecular weight is 276 g/mol. The van der Waals surface area contributed by atoms with Gasteiger partial charge in [-0.3, -0.25) is 4.79 Å². The van der Waals surface area contributed by atoms with E-state index in [9.17, 15) is 9.18 Å². The number of halogens is 1. The molecule has 0 radical (unpaired) electrons. The highest BCUT2D eigenvalue weighted by Gasteiger charge is 2.03. The molecule has 1 heterocycles. The lowest BCUT2D eigenvalue weighted by Crippen LogP contribution is -2.33. The third-order valence-electron chi connectivity index (χ3n) is 2.78. The third-order valence-corrected chi connectivity index (χ3v) is 2.78. The van der Waals surface area contributed by atoms with Crippen molar-refractivity contribution in [3.05, 3.63) is 48.0 Å². The van der Waals surface area contributed by atoms with Crippen LogP contribution in [0.3, 0.4) is 0 Å². The fraction of sp³-hybridized carbons (Fsp3) is 0.286. The summed E-state index contributed by atoms with van der Waals surface area (Å²) in [6.45, 7) is 0.852. The monoisotopic (exact) mass is 276 g/mol. The molecule has 0 saturated heterocycles. The van der Waals surface area contributed by atoms with Gasteiger partial charge in [-0.05, 0) is 37.4 Å². The Morgan fingerprint density at radius 3 is 2.75 bits per heavy atom. The van der Waals surface area contributed by atoms with Crippen LogP contribution in [-0.4, -0.2) is 35.8 Å². The van der Waals surface area contributed by atoms with Crippen LogP contribution in [0.2, 0.25) is 0 Å². The van der Waals surface area contributed by atoms with E-state index in [0.29, 0.717) is 19.5 Å². The van der Waals surface area contributed by atoms with Crippen molar-refractivity contribution >= 4 is 5.91 Å². The molecule has 5 nitrogen and oxygen atoms in total. The molecule has 20 heavy (non-hydrogen) atoms. The Morgan fingerprint density at radius 1 is 1.30 bits per heavy atom. The first kappa shape index (κ1) is 14.2. The Morgan fingerprint density at radius 2 is 2.05 bits per heavy atom. The van der Waals surface area contributed by atoms with E-state index in [1.165, 1.54) is 12.1 Å². The molecule has 2 aromatic rings. The van der Waals surface area contributed by atoms with Gasteiger partial charge in [0.2, 0.25) is 5.91 Å². The van der Waals surface area contributed by atoms with E-state index in [1.54, 1.807) is 23.9 Å². The van der Waals surface area contributed by atoms with Crippen LogP contribution in [0, 0.1) is 5.82 Å². The van der Waals surface area contributed by atoms with Crippen molar-refractivity contribution in [2.75, 3.05) is 20.1 Å². The summed E-state index contributed by atoms with van der Waals surface area (Å²) in [4.78, 5) is 11.3. The van der Waals surface area contributed by atoms with E-state index in [4.69, 9.17) is 0 Å². The van der Waals surface area contributed by atoms with Crippen molar-refractivity contribution in [2.24, 2.45) is 0 Å². The molecular weight excluding hydrogens is 259 g/mol. The smallest absolute Gasteiger partial charge is 0.233 e. The van der Waals surface area contributed by atoms with Crippen LogP contribution in [0.4, 0.5) is 4.39 Å². The molecule has 1 amide bonds. The summed E-state index contributed by atoms with van der Waals surface area (Å²) in [5.41, 5.74) is 1.68. The van der Waals surface area contributed by atoms with Gasteiger partial charge in [0.05, 0.1) is 17.9 Å². The van der Waals surface area contributed by atoms with Crippen LogP contribution in [0.5, 0.6) is 0 Å². The maximum Gasteiger partial charge on any atom is 0.233 e. The molecule has 1 aromatic carbocycles. The summed E-state index contributed by atoms with van der Waals surface area (Å²) in [5, 5.41) is 9.95. The summed E-state index contributed by atoms with van der Waals surface area (Å²) in [5.74, 6) is -0.307. The fourth-order valence-corrected chi connectivity index (χ4v) is 1.79. The zero-order chi connectivity index (χ0) is 14.4. The number of carbonyl (C=O) groups excluding carboxylic acids is 1. The lowest BCUT2D eigenvalue weighted by Gasteiger charge is -2.03. The number of amides is 1. The Hall–Kier alpha value is -2.21. The molecule has 0 unspecified atom stereocenters. The maximum atomic E-state index is 12.8. The molecule has 106 valence electrons. The van der Waals surface area contributed by atoms with Crippen molar-refractivity contribution < 1.29 is 9.18 Å². The van der Waals surface area contributed by atoms with Gasteiger partial charge >= 0.3 is 0 Å². The number of rotatable bonds is 6. The number of nitrogens with one attached hydrogen (secondary N) is 2. The van der Waals surface area contributed by atoms with Gasteiger partial charge in [-0.1, -0.05) is 0 Å². The Bertz CT molecular complexity index is 565. The first-order valence-corrected chi connectivity index (χ1v) is 6.41. The first-order chi connectivity index (χ1) is 9.69. The molecule has 0 aliphatic rings. The quantitative estimate of drug-likeness (QED) is 0.824. The summed E-state index contributed by atoms with van der Waals surface area (Å²) in [7, 11) is 1.73. The van der Waals surface area contributed by atoms with Crippen LogP contribution >= 0.6 is 0 Å². The predicted octanol–water partition coefficient (Wildman–Crippen LogP) is 0.889. The van der Waals surface area contributed by atoms with Crippen molar-refractivity contribution in [3.63, 3.8) is 0 Å². The zero-order valence-electron chi connectivity index (χ0n) is 11.3. The summed E-state index contributed by atoms with van der Waals surface area (Å²) >= 11 is 0. The predicted molar refractivity (Wildman–Crippen MR) is 74.2 cm³/mol. The SMILES string of the molecule is CNCC(=O)NCCc1ccn(-c2ccc(F)cc2)n1. The molecule has 2 N–H and O–H groups in total. The van der Waals surface area contributed by atoms with Gasteiger partial charge in [-0.15, -0.1) is 0 Å². The number of nitrogens with zero attached hydrogens (tertiary/aromatic N) is 2. The van der Waals surface area contributed by atoms with Gasteiger partial charge < -0.3 is 10.6 Å². The lowest BCUT2D eigenvalue weighted by atomic mass is 10.3. The lowest BCUT2D eigenvalue weighted by molar-refractivity contribution is -0.120. The minimum absolute atomic E-state index is 0.0366. The number of benzene rings is 1. The largest absolute Gasteiger partial charge is 0.355 e. The molecule has 0 fully saturated rings. The van der Waals surface area contributed by atoms with E-state index in [1.807, 2.05) is 12.3 Å². The number of aromatic nitrogens is 2. The van der Waals surface area contributed by atoms with Crippen molar-refractivity contribution in [1.82, 2.24) is 20.4 Å². The van der Waals surface area contributed by atoms with Gasteiger partial charge in [-0.2, -0.15) is 5.10 Å². The topological polar surface area (TPSA) is 59.0 Å². The van der Waals surface area contributed by atoms with Gasteiger partial charge in [0.15, 0.2) is 0 Å². The minimum atomic E-state index is -0.270. The highest BCUT2D eigenvalue weighted by atomic mass is 19.1. The second kappa shape index (κ2) is 6.81. The van der Waals surface area contributed by atoms with E-state index in [2.05, 4.69) is 15.7 Å². The molecule has 0 aliphatic carbocycles. The number of carbonyl (C=O) groups is 1. The highest BCUT2D eigenvalue weighted by molar-refractivity contribution is 5.77. The minimum Gasteiger partial charge on any atom is -0.355 e. The van der Waals surface area contributed by atoms with Gasteiger partial charge in [0, 0.05) is 19.2 Å². The molecule has 1 aromatic heterocycles. The molecule has 0 spiro atoms. The average Bonchev–Trinajstić information content (AvgIpc) is 2.89. The van der Waals surface area contributed by atoms with Crippen molar-refractivity contribution in [1.29, 1.82) is 0 Å². The second-order valence-electron chi connectivity index (χ2n) is 4.36. The molecular formula is C14H17FN4O. The van der Waals surface area contributed by atoms with Crippen LogP contribution in [0.15, 0.2) is 36.5 Å². The first-order valence-electron chi connectivity index (χ1n) is 6.41. The molecule has 0 saturated carbocycles. The Kier molecular flexibility index (Phi) is 4.84. The van der Waals surface area contributed by atoms with E-state index >= 15 is 0 Å². The highest BCUT2D eigenvalue weighted by Crippen LogP contribution is 2.09. The van der Waals surface area contributed by atoms with Crippen molar-refractivity contribution in [2.45, 2.75) is 6.42 Å².